The third-order valence-electron chi connectivity index (χ3n) is 4.49. The van der Waals surface area contributed by atoms with Crippen molar-refractivity contribution in [3.63, 3.8) is 0 Å². The fourth-order valence-electron chi connectivity index (χ4n) is 3.05. The van der Waals surface area contributed by atoms with Crippen molar-refractivity contribution in [2.24, 2.45) is 0 Å². The summed E-state index contributed by atoms with van der Waals surface area (Å²) in [5.41, 5.74) is 2.30. The largest absolute Gasteiger partial charge is 0.479 e. The van der Waals surface area contributed by atoms with Crippen molar-refractivity contribution in [3.8, 4) is 5.75 Å². The van der Waals surface area contributed by atoms with Crippen LogP contribution in [0.3, 0.4) is 0 Å². The molecule has 3 rings (SSSR count). The van der Waals surface area contributed by atoms with Gasteiger partial charge in [-0.05, 0) is 37.1 Å². The van der Waals surface area contributed by atoms with Gasteiger partial charge in [-0.25, -0.2) is 0 Å². The van der Waals surface area contributed by atoms with Crippen molar-refractivity contribution >= 4 is 29.1 Å². The molecule has 2 aromatic carbocycles. The van der Waals surface area contributed by atoms with Gasteiger partial charge in [0.25, 0.3) is 5.91 Å². The number of rotatable bonds is 6. The maximum absolute atomic E-state index is 12.4. The molecule has 1 unspecified atom stereocenters. The number of ether oxygens (including phenoxy) is 1. The van der Waals surface area contributed by atoms with Crippen LogP contribution in [0.15, 0.2) is 48.5 Å². The summed E-state index contributed by atoms with van der Waals surface area (Å²) in [7, 11) is 0. The third-order valence-corrected chi connectivity index (χ3v) is 4.49. The highest BCUT2D eigenvalue weighted by molar-refractivity contribution is 6.04. The molecule has 0 saturated heterocycles. The van der Waals surface area contributed by atoms with Crippen LogP contribution in [0.25, 0.3) is 0 Å². The number of carbonyl (C=O) groups is 3. The highest BCUT2D eigenvalue weighted by atomic mass is 16.5. The third kappa shape index (κ3) is 4.31. The Morgan fingerprint density at radius 3 is 2.57 bits per heavy atom. The molecule has 0 bridgehead atoms. The number of aryl methyl sites for hydroxylation is 1. The van der Waals surface area contributed by atoms with Crippen LogP contribution in [0.1, 0.15) is 19.4 Å². The van der Waals surface area contributed by atoms with Gasteiger partial charge in [0.2, 0.25) is 11.8 Å². The van der Waals surface area contributed by atoms with E-state index >= 15 is 0 Å². The van der Waals surface area contributed by atoms with E-state index in [2.05, 4.69) is 10.6 Å². The van der Waals surface area contributed by atoms with Crippen LogP contribution in [0.5, 0.6) is 5.75 Å². The second-order valence-corrected chi connectivity index (χ2v) is 6.49. The van der Waals surface area contributed by atoms with Gasteiger partial charge in [0.05, 0.1) is 12.2 Å². The molecule has 3 amide bonds. The monoisotopic (exact) mass is 381 g/mol. The molecule has 28 heavy (non-hydrogen) atoms. The van der Waals surface area contributed by atoms with E-state index in [9.17, 15) is 14.4 Å². The van der Waals surface area contributed by atoms with Crippen molar-refractivity contribution in [1.82, 2.24) is 5.32 Å². The molecular weight excluding hydrogens is 358 g/mol. The average Bonchev–Trinajstić information content (AvgIpc) is 2.70. The van der Waals surface area contributed by atoms with Gasteiger partial charge in [-0.3, -0.25) is 19.3 Å². The molecule has 2 aromatic rings. The molecule has 1 aliphatic heterocycles. The van der Waals surface area contributed by atoms with E-state index in [0.717, 1.165) is 17.7 Å². The van der Waals surface area contributed by atoms with Crippen LogP contribution >= 0.6 is 0 Å². The molecule has 1 aliphatic rings. The molecule has 146 valence electrons. The molecular formula is C21H23N3O4. The number of amides is 3. The Hall–Kier alpha value is -3.35. The van der Waals surface area contributed by atoms with Crippen LogP contribution in [0, 0.1) is 0 Å². The molecule has 0 saturated carbocycles. The topological polar surface area (TPSA) is 87.7 Å². The van der Waals surface area contributed by atoms with E-state index < -0.39 is 12.0 Å². The van der Waals surface area contributed by atoms with Crippen molar-refractivity contribution in [2.75, 3.05) is 23.3 Å². The lowest BCUT2D eigenvalue weighted by Crippen LogP contribution is -2.49. The molecule has 1 heterocycles. The number of hydrogen-bond donors (Lipinski definition) is 2. The quantitative estimate of drug-likeness (QED) is 0.802. The number of hydrogen-bond acceptors (Lipinski definition) is 4. The molecule has 0 radical (unpaired) electrons. The second-order valence-electron chi connectivity index (χ2n) is 6.49. The van der Waals surface area contributed by atoms with Crippen molar-refractivity contribution in [1.29, 1.82) is 0 Å². The zero-order valence-corrected chi connectivity index (χ0v) is 15.9. The summed E-state index contributed by atoms with van der Waals surface area (Å²) in [5, 5.41) is 5.37. The molecule has 7 nitrogen and oxygen atoms in total. The number of benzene rings is 2. The fraction of sp³-hybridized carbons (Fsp3) is 0.286. The molecule has 7 heteroatoms. The lowest BCUT2D eigenvalue weighted by atomic mass is 10.1. The number of nitrogens with zero attached hydrogens (tertiary/aromatic N) is 1. The first-order valence-corrected chi connectivity index (χ1v) is 9.21. The SMILES string of the molecule is CCc1ccccc1NC(=O)CNC(=O)CN1C(=O)C(C)Oc2ccccc21. The molecule has 0 spiro atoms. The van der Waals surface area contributed by atoms with E-state index in [1.807, 2.05) is 31.2 Å². The van der Waals surface area contributed by atoms with Gasteiger partial charge in [0, 0.05) is 5.69 Å². The standard InChI is InChI=1S/C21H23N3O4/c1-3-15-8-4-5-9-16(15)23-19(25)12-22-20(26)13-24-17-10-6-7-11-18(17)28-14(2)21(24)27/h4-11,14H,3,12-13H2,1-2H3,(H,22,26)(H,23,25). The van der Waals surface area contributed by atoms with Gasteiger partial charge < -0.3 is 15.4 Å². The number of anilines is 2. The van der Waals surface area contributed by atoms with Gasteiger partial charge in [-0.15, -0.1) is 0 Å². The van der Waals surface area contributed by atoms with Crippen LogP contribution < -0.4 is 20.3 Å². The van der Waals surface area contributed by atoms with Crippen LogP contribution in [0.2, 0.25) is 0 Å². The summed E-state index contributed by atoms with van der Waals surface area (Å²) >= 11 is 0. The minimum atomic E-state index is -0.670. The highest BCUT2D eigenvalue weighted by Gasteiger charge is 2.32. The molecule has 0 aromatic heterocycles. The molecule has 2 N–H and O–H groups in total. The van der Waals surface area contributed by atoms with Crippen LogP contribution in [0.4, 0.5) is 11.4 Å². The summed E-state index contributed by atoms with van der Waals surface area (Å²) in [6.45, 7) is 3.29. The number of carbonyl (C=O) groups excluding carboxylic acids is 3. The Bertz CT molecular complexity index is 897. The van der Waals surface area contributed by atoms with Gasteiger partial charge in [-0.1, -0.05) is 37.3 Å². The number of fused-ring (bicyclic) bond motifs is 1. The van der Waals surface area contributed by atoms with Gasteiger partial charge in [0.1, 0.15) is 12.3 Å². The maximum atomic E-state index is 12.4. The van der Waals surface area contributed by atoms with E-state index in [1.165, 1.54) is 4.90 Å². The van der Waals surface area contributed by atoms with E-state index in [0.29, 0.717) is 11.4 Å². The summed E-state index contributed by atoms with van der Waals surface area (Å²) in [4.78, 5) is 38.3. The summed E-state index contributed by atoms with van der Waals surface area (Å²) in [6, 6.07) is 14.6. The van der Waals surface area contributed by atoms with Crippen LogP contribution in [-0.4, -0.2) is 36.9 Å². The van der Waals surface area contributed by atoms with Gasteiger partial charge in [-0.2, -0.15) is 0 Å². The number of nitrogens with one attached hydrogen (secondary N) is 2. The first-order chi connectivity index (χ1) is 13.5. The lowest BCUT2D eigenvalue weighted by molar-refractivity contribution is -0.128. The Labute approximate surface area is 163 Å². The number of para-hydroxylation sites is 3. The van der Waals surface area contributed by atoms with Crippen molar-refractivity contribution in [3.05, 3.63) is 54.1 Å². The Morgan fingerprint density at radius 2 is 1.79 bits per heavy atom. The van der Waals surface area contributed by atoms with E-state index in [-0.39, 0.29) is 24.9 Å². The first kappa shape index (κ1) is 19.4. The molecule has 1 atom stereocenters. The summed E-state index contributed by atoms with van der Waals surface area (Å²) in [6.07, 6.45) is 0.121. The summed E-state index contributed by atoms with van der Waals surface area (Å²) < 4.78 is 5.56. The first-order valence-electron chi connectivity index (χ1n) is 9.21. The maximum Gasteiger partial charge on any atom is 0.268 e. The fourth-order valence-corrected chi connectivity index (χ4v) is 3.05. The van der Waals surface area contributed by atoms with Crippen molar-refractivity contribution < 1.29 is 19.1 Å². The Morgan fingerprint density at radius 1 is 1.07 bits per heavy atom. The second kappa shape index (κ2) is 8.56. The van der Waals surface area contributed by atoms with E-state index in [1.54, 1.807) is 31.2 Å². The average molecular weight is 381 g/mol. The van der Waals surface area contributed by atoms with E-state index in [4.69, 9.17) is 4.74 Å². The molecule has 0 aliphatic carbocycles. The lowest BCUT2D eigenvalue weighted by Gasteiger charge is -2.32. The van der Waals surface area contributed by atoms with Crippen LogP contribution in [-0.2, 0) is 20.8 Å². The minimum Gasteiger partial charge on any atom is -0.479 e. The van der Waals surface area contributed by atoms with Crippen molar-refractivity contribution in [2.45, 2.75) is 26.4 Å². The molecule has 0 fully saturated rings. The smallest absolute Gasteiger partial charge is 0.268 e. The normalized spacial score (nSPS) is 15.4. The highest BCUT2D eigenvalue weighted by Crippen LogP contribution is 2.33. The predicted molar refractivity (Wildman–Crippen MR) is 106 cm³/mol. The Balaban J connectivity index is 1.58. The predicted octanol–water partition coefficient (Wildman–Crippen LogP) is 2.12. The van der Waals surface area contributed by atoms with Gasteiger partial charge >= 0.3 is 0 Å². The summed E-state index contributed by atoms with van der Waals surface area (Å²) in [5.74, 6) is -0.487. The minimum absolute atomic E-state index is 0.174. The van der Waals surface area contributed by atoms with Gasteiger partial charge in [0.15, 0.2) is 6.10 Å². The zero-order chi connectivity index (χ0) is 20.1. The zero-order valence-electron chi connectivity index (χ0n) is 15.9. The Kier molecular flexibility index (Phi) is 5.93.